The van der Waals surface area contributed by atoms with Crippen LogP contribution in [0.5, 0.6) is 0 Å². The molecule has 2 rings (SSSR count). The van der Waals surface area contributed by atoms with E-state index in [1.54, 1.807) is 18.2 Å². The molecule has 2 aromatic rings. The molecular weight excluding hydrogens is 227 g/mol. The van der Waals surface area contributed by atoms with Crippen molar-refractivity contribution in [3.63, 3.8) is 0 Å². The molecule has 0 saturated heterocycles. The topological polar surface area (TPSA) is 20.2 Å². The number of aliphatic hydroxyl groups is 1. The monoisotopic (exact) mass is 244 g/mol. The van der Waals surface area contributed by atoms with E-state index in [2.05, 4.69) is 0 Å². The van der Waals surface area contributed by atoms with Gasteiger partial charge in [-0.25, -0.2) is 4.39 Å². The molecule has 0 heterocycles. The molecule has 0 aliphatic carbocycles. The summed E-state index contributed by atoms with van der Waals surface area (Å²) in [6.45, 7) is 1.99. The van der Waals surface area contributed by atoms with Crippen molar-refractivity contribution in [2.24, 2.45) is 0 Å². The van der Waals surface area contributed by atoms with E-state index in [9.17, 15) is 9.50 Å². The third-order valence-corrected chi connectivity index (χ3v) is 3.29. The lowest BCUT2D eigenvalue weighted by atomic mass is 9.90. The Morgan fingerprint density at radius 1 is 1.06 bits per heavy atom. The van der Waals surface area contributed by atoms with Gasteiger partial charge in [0.2, 0.25) is 0 Å². The first kappa shape index (κ1) is 12.8. The van der Waals surface area contributed by atoms with Crippen LogP contribution in [0, 0.1) is 12.7 Å². The lowest BCUT2D eigenvalue weighted by Crippen LogP contribution is -2.10. The summed E-state index contributed by atoms with van der Waals surface area (Å²) in [6.07, 6.45) is 0.657. The van der Waals surface area contributed by atoms with Crippen LogP contribution in [-0.4, -0.2) is 11.7 Å². The summed E-state index contributed by atoms with van der Waals surface area (Å²) >= 11 is 0. The van der Waals surface area contributed by atoms with E-state index in [0.29, 0.717) is 12.0 Å². The average Bonchev–Trinajstić information content (AvgIpc) is 2.39. The molecule has 18 heavy (non-hydrogen) atoms. The maximum atomic E-state index is 13.7. The molecule has 1 atom stereocenters. The van der Waals surface area contributed by atoms with Gasteiger partial charge in [0.1, 0.15) is 5.82 Å². The highest BCUT2D eigenvalue weighted by atomic mass is 19.1. The highest BCUT2D eigenvalue weighted by Gasteiger charge is 2.15. The molecule has 0 aliphatic heterocycles. The molecule has 0 amide bonds. The molecule has 94 valence electrons. The first-order chi connectivity index (χ1) is 8.72. The van der Waals surface area contributed by atoms with Crippen LogP contribution in [-0.2, 0) is 6.42 Å². The second kappa shape index (κ2) is 5.78. The van der Waals surface area contributed by atoms with Crippen LogP contribution < -0.4 is 0 Å². The van der Waals surface area contributed by atoms with Gasteiger partial charge in [0.05, 0.1) is 6.61 Å². The Hall–Kier alpha value is -1.67. The smallest absolute Gasteiger partial charge is 0.126 e. The van der Waals surface area contributed by atoms with Crippen LogP contribution in [0.1, 0.15) is 22.6 Å². The van der Waals surface area contributed by atoms with Crippen LogP contribution in [0.15, 0.2) is 48.5 Å². The summed E-state index contributed by atoms with van der Waals surface area (Å²) in [5.41, 5.74) is 2.91. The van der Waals surface area contributed by atoms with Crippen molar-refractivity contribution in [1.29, 1.82) is 0 Å². The van der Waals surface area contributed by atoms with Crippen molar-refractivity contribution in [2.75, 3.05) is 6.61 Å². The predicted octanol–water partition coefficient (Wildman–Crippen LogP) is 3.45. The summed E-state index contributed by atoms with van der Waals surface area (Å²) < 4.78 is 13.7. The van der Waals surface area contributed by atoms with Crippen molar-refractivity contribution < 1.29 is 9.50 Å². The number of rotatable bonds is 4. The maximum Gasteiger partial charge on any atom is 0.126 e. The summed E-state index contributed by atoms with van der Waals surface area (Å²) in [4.78, 5) is 0. The fraction of sp³-hybridized carbons (Fsp3) is 0.250. The molecule has 2 aromatic carbocycles. The quantitative estimate of drug-likeness (QED) is 0.873. The zero-order valence-electron chi connectivity index (χ0n) is 10.4. The third kappa shape index (κ3) is 2.77. The zero-order chi connectivity index (χ0) is 13.0. The minimum Gasteiger partial charge on any atom is -0.396 e. The standard InChI is InChI=1S/C16H17FO/c1-12-6-2-3-7-13(12)10-14(11-18)15-8-4-5-9-16(15)17/h2-9,14,18H,10-11H2,1H3. The maximum absolute atomic E-state index is 13.7. The second-order valence-electron chi connectivity index (χ2n) is 4.53. The Kier molecular flexibility index (Phi) is 4.11. The molecule has 0 saturated carbocycles. The van der Waals surface area contributed by atoms with Gasteiger partial charge in [0.25, 0.3) is 0 Å². The van der Waals surface area contributed by atoms with Crippen molar-refractivity contribution in [1.82, 2.24) is 0 Å². The fourth-order valence-electron chi connectivity index (χ4n) is 2.18. The van der Waals surface area contributed by atoms with Gasteiger partial charge in [0.15, 0.2) is 0 Å². The van der Waals surface area contributed by atoms with Crippen LogP contribution in [0.4, 0.5) is 4.39 Å². The minimum absolute atomic E-state index is 0.0464. The normalized spacial score (nSPS) is 12.4. The Morgan fingerprint density at radius 2 is 1.72 bits per heavy atom. The fourth-order valence-corrected chi connectivity index (χ4v) is 2.18. The van der Waals surface area contributed by atoms with E-state index in [0.717, 1.165) is 5.56 Å². The van der Waals surface area contributed by atoms with Crippen molar-refractivity contribution >= 4 is 0 Å². The molecule has 1 N–H and O–H groups in total. The molecule has 0 bridgehead atoms. The zero-order valence-corrected chi connectivity index (χ0v) is 10.4. The number of aliphatic hydroxyl groups excluding tert-OH is 1. The van der Waals surface area contributed by atoms with Gasteiger partial charge in [-0.2, -0.15) is 0 Å². The summed E-state index contributed by atoms with van der Waals surface area (Å²) in [6, 6.07) is 14.7. The van der Waals surface area contributed by atoms with Gasteiger partial charge in [-0.1, -0.05) is 42.5 Å². The predicted molar refractivity (Wildman–Crippen MR) is 71.1 cm³/mol. The first-order valence-electron chi connectivity index (χ1n) is 6.12. The van der Waals surface area contributed by atoms with Crippen LogP contribution in [0.2, 0.25) is 0 Å². The Balaban J connectivity index is 2.26. The molecular formula is C16H17FO. The van der Waals surface area contributed by atoms with E-state index in [4.69, 9.17) is 0 Å². The van der Waals surface area contributed by atoms with E-state index < -0.39 is 0 Å². The average molecular weight is 244 g/mol. The summed E-state index contributed by atoms with van der Waals surface area (Å²) in [5, 5.41) is 9.49. The molecule has 0 fully saturated rings. The Morgan fingerprint density at radius 3 is 2.39 bits per heavy atom. The first-order valence-corrected chi connectivity index (χ1v) is 6.12. The van der Waals surface area contributed by atoms with Crippen LogP contribution in [0.3, 0.4) is 0 Å². The molecule has 2 heteroatoms. The van der Waals surface area contributed by atoms with Gasteiger partial charge in [-0.05, 0) is 36.1 Å². The van der Waals surface area contributed by atoms with Gasteiger partial charge in [0, 0.05) is 5.92 Å². The molecule has 1 unspecified atom stereocenters. The molecule has 0 aromatic heterocycles. The van der Waals surface area contributed by atoms with Crippen molar-refractivity contribution in [3.8, 4) is 0 Å². The number of aryl methyl sites for hydroxylation is 1. The van der Waals surface area contributed by atoms with Gasteiger partial charge < -0.3 is 5.11 Å². The number of halogens is 1. The lowest BCUT2D eigenvalue weighted by Gasteiger charge is -2.16. The van der Waals surface area contributed by atoms with Crippen molar-refractivity contribution in [3.05, 3.63) is 71.0 Å². The second-order valence-corrected chi connectivity index (χ2v) is 4.53. The molecule has 1 nitrogen and oxygen atoms in total. The SMILES string of the molecule is Cc1ccccc1CC(CO)c1ccccc1F. The van der Waals surface area contributed by atoms with E-state index in [-0.39, 0.29) is 18.3 Å². The van der Waals surface area contributed by atoms with E-state index in [1.165, 1.54) is 11.6 Å². The number of hydrogen-bond acceptors (Lipinski definition) is 1. The van der Waals surface area contributed by atoms with E-state index >= 15 is 0 Å². The summed E-state index contributed by atoms with van der Waals surface area (Å²) in [5.74, 6) is -0.433. The molecule has 0 spiro atoms. The molecule has 0 radical (unpaired) electrons. The summed E-state index contributed by atoms with van der Waals surface area (Å²) in [7, 11) is 0. The lowest BCUT2D eigenvalue weighted by molar-refractivity contribution is 0.261. The van der Waals surface area contributed by atoms with E-state index in [1.807, 2.05) is 31.2 Å². The van der Waals surface area contributed by atoms with Crippen LogP contribution >= 0.6 is 0 Å². The van der Waals surface area contributed by atoms with Gasteiger partial charge in [-0.15, -0.1) is 0 Å². The third-order valence-electron chi connectivity index (χ3n) is 3.29. The van der Waals surface area contributed by atoms with Crippen LogP contribution in [0.25, 0.3) is 0 Å². The Labute approximate surface area is 107 Å². The van der Waals surface area contributed by atoms with Gasteiger partial charge >= 0.3 is 0 Å². The van der Waals surface area contributed by atoms with Crippen molar-refractivity contribution in [2.45, 2.75) is 19.3 Å². The largest absolute Gasteiger partial charge is 0.396 e. The molecule has 0 aliphatic rings. The highest BCUT2D eigenvalue weighted by molar-refractivity contribution is 5.30. The van der Waals surface area contributed by atoms with Gasteiger partial charge in [-0.3, -0.25) is 0 Å². The number of benzene rings is 2. The minimum atomic E-state index is -0.245. The Bertz CT molecular complexity index is 522. The highest BCUT2D eigenvalue weighted by Crippen LogP contribution is 2.24. The number of hydrogen-bond donors (Lipinski definition) is 1.